The normalized spacial score (nSPS) is 23.8. The zero-order valence-corrected chi connectivity index (χ0v) is 11.8. The fourth-order valence-corrected chi connectivity index (χ4v) is 3.94. The van der Waals surface area contributed by atoms with Crippen molar-refractivity contribution >= 4 is 9.84 Å². The number of hydrogen-bond donors (Lipinski definition) is 0. The number of nitrogens with zero attached hydrogens (tertiary/aromatic N) is 2. The fourth-order valence-electron chi connectivity index (χ4n) is 2.13. The molecule has 5 heteroatoms. The average molecular weight is 258 g/mol. The first kappa shape index (κ1) is 14.5. The monoisotopic (exact) mass is 258 g/mol. The molecule has 1 atom stereocenters. The van der Waals surface area contributed by atoms with E-state index in [1.54, 1.807) is 0 Å². The molecule has 0 amide bonds. The van der Waals surface area contributed by atoms with Gasteiger partial charge in [-0.2, -0.15) is 5.26 Å². The molecule has 1 unspecified atom stereocenters. The highest BCUT2D eigenvalue weighted by atomic mass is 32.2. The molecule has 0 bridgehead atoms. The molecule has 1 rings (SSSR count). The molecule has 0 N–H and O–H groups in total. The summed E-state index contributed by atoms with van der Waals surface area (Å²) in [5.41, 5.74) is -0.275. The van der Waals surface area contributed by atoms with Crippen molar-refractivity contribution in [3.63, 3.8) is 0 Å². The highest BCUT2D eigenvalue weighted by molar-refractivity contribution is 7.91. The summed E-state index contributed by atoms with van der Waals surface area (Å²) in [5.74, 6) is 0.622. The van der Waals surface area contributed by atoms with Gasteiger partial charge in [-0.05, 0) is 46.7 Å². The lowest BCUT2D eigenvalue weighted by atomic mass is 9.90. The molecule has 1 aliphatic rings. The topological polar surface area (TPSA) is 61.2 Å². The SMILES string of the molecule is CN(CCCC(C)(C)C#N)C1CCS(=O)(=O)C1. The minimum absolute atomic E-state index is 0.171. The first-order valence-electron chi connectivity index (χ1n) is 6.08. The first-order valence-corrected chi connectivity index (χ1v) is 7.90. The Morgan fingerprint density at radius 1 is 1.47 bits per heavy atom. The summed E-state index contributed by atoms with van der Waals surface area (Å²) in [6.45, 7) is 4.74. The summed E-state index contributed by atoms with van der Waals surface area (Å²) in [6.07, 6.45) is 2.54. The summed E-state index contributed by atoms with van der Waals surface area (Å²) in [7, 11) is -0.816. The predicted molar refractivity (Wildman–Crippen MR) is 68.3 cm³/mol. The number of nitriles is 1. The quantitative estimate of drug-likeness (QED) is 0.748. The molecule has 0 spiro atoms. The molecule has 98 valence electrons. The van der Waals surface area contributed by atoms with Crippen LogP contribution in [-0.2, 0) is 9.84 Å². The van der Waals surface area contributed by atoms with Crippen LogP contribution in [0.1, 0.15) is 33.1 Å². The van der Waals surface area contributed by atoms with Gasteiger partial charge in [0.2, 0.25) is 0 Å². The predicted octanol–water partition coefficient (Wildman–Crippen LogP) is 1.44. The summed E-state index contributed by atoms with van der Waals surface area (Å²) >= 11 is 0. The van der Waals surface area contributed by atoms with Gasteiger partial charge in [0.1, 0.15) is 0 Å². The van der Waals surface area contributed by atoms with E-state index >= 15 is 0 Å². The van der Waals surface area contributed by atoms with E-state index in [9.17, 15) is 8.42 Å². The Morgan fingerprint density at radius 2 is 2.12 bits per heavy atom. The molecule has 1 aliphatic heterocycles. The molecule has 0 radical (unpaired) electrons. The van der Waals surface area contributed by atoms with Crippen LogP contribution >= 0.6 is 0 Å². The van der Waals surface area contributed by atoms with Gasteiger partial charge in [0.25, 0.3) is 0 Å². The van der Waals surface area contributed by atoms with E-state index in [1.165, 1.54) is 0 Å². The Hall–Kier alpha value is -0.600. The van der Waals surface area contributed by atoms with Gasteiger partial charge in [-0.3, -0.25) is 0 Å². The Morgan fingerprint density at radius 3 is 2.59 bits per heavy atom. The Labute approximate surface area is 105 Å². The fraction of sp³-hybridized carbons (Fsp3) is 0.917. The van der Waals surface area contributed by atoms with E-state index in [1.807, 2.05) is 20.9 Å². The van der Waals surface area contributed by atoms with Crippen molar-refractivity contribution in [2.45, 2.75) is 39.2 Å². The van der Waals surface area contributed by atoms with Gasteiger partial charge in [0.05, 0.1) is 23.0 Å². The van der Waals surface area contributed by atoms with Gasteiger partial charge in [0.15, 0.2) is 9.84 Å². The van der Waals surface area contributed by atoms with Gasteiger partial charge in [-0.1, -0.05) is 0 Å². The highest BCUT2D eigenvalue weighted by Gasteiger charge is 2.30. The van der Waals surface area contributed by atoms with Gasteiger partial charge >= 0.3 is 0 Å². The second kappa shape index (κ2) is 5.36. The van der Waals surface area contributed by atoms with Crippen molar-refractivity contribution in [1.29, 1.82) is 5.26 Å². The smallest absolute Gasteiger partial charge is 0.151 e. The molecule has 0 aliphatic carbocycles. The van der Waals surface area contributed by atoms with Crippen molar-refractivity contribution < 1.29 is 8.42 Å². The van der Waals surface area contributed by atoms with Gasteiger partial charge in [-0.15, -0.1) is 0 Å². The molecule has 0 aromatic heterocycles. The van der Waals surface area contributed by atoms with E-state index in [0.29, 0.717) is 11.5 Å². The third kappa shape index (κ3) is 4.64. The second-order valence-electron chi connectivity index (χ2n) is 5.64. The molecule has 1 saturated heterocycles. The number of hydrogen-bond acceptors (Lipinski definition) is 4. The van der Waals surface area contributed by atoms with E-state index in [0.717, 1.165) is 25.8 Å². The van der Waals surface area contributed by atoms with Crippen molar-refractivity contribution in [3.8, 4) is 6.07 Å². The van der Waals surface area contributed by atoms with Gasteiger partial charge in [0, 0.05) is 6.04 Å². The minimum atomic E-state index is -2.79. The zero-order valence-electron chi connectivity index (χ0n) is 10.9. The Kier molecular flexibility index (Phi) is 4.56. The van der Waals surface area contributed by atoms with E-state index < -0.39 is 9.84 Å². The van der Waals surface area contributed by atoms with Crippen molar-refractivity contribution in [2.75, 3.05) is 25.1 Å². The van der Waals surface area contributed by atoms with Gasteiger partial charge < -0.3 is 4.90 Å². The maximum absolute atomic E-state index is 11.4. The van der Waals surface area contributed by atoms with Crippen LogP contribution in [0.4, 0.5) is 0 Å². The molecular formula is C12H22N2O2S. The van der Waals surface area contributed by atoms with Crippen LogP contribution in [-0.4, -0.2) is 44.5 Å². The molecule has 0 aromatic rings. The summed E-state index contributed by atoms with van der Waals surface area (Å²) < 4.78 is 22.7. The largest absolute Gasteiger partial charge is 0.302 e. The standard InChI is InChI=1S/C12H22N2O2S/c1-12(2,10-13)6-4-7-14(3)11-5-8-17(15,16)9-11/h11H,4-9H2,1-3H3. The lowest BCUT2D eigenvalue weighted by molar-refractivity contribution is 0.246. The number of sulfone groups is 1. The van der Waals surface area contributed by atoms with Crippen LogP contribution in [0.25, 0.3) is 0 Å². The molecule has 1 heterocycles. The van der Waals surface area contributed by atoms with Crippen LogP contribution < -0.4 is 0 Å². The lowest BCUT2D eigenvalue weighted by Gasteiger charge is -2.24. The average Bonchev–Trinajstić information content (AvgIpc) is 2.58. The van der Waals surface area contributed by atoms with Crippen LogP contribution in [0.2, 0.25) is 0 Å². The summed E-state index contributed by atoms with van der Waals surface area (Å²) in [6, 6.07) is 2.45. The van der Waals surface area contributed by atoms with E-state index in [4.69, 9.17) is 5.26 Å². The van der Waals surface area contributed by atoms with Crippen molar-refractivity contribution in [2.24, 2.45) is 5.41 Å². The van der Waals surface area contributed by atoms with Crippen LogP contribution in [0.15, 0.2) is 0 Å². The third-order valence-corrected chi connectivity index (χ3v) is 5.20. The third-order valence-electron chi connectivity index (χ3n) is 3.45. The van der Waals surface area contributed by atoms with Crippen molar-refractivity contribution in [1.82, 2.24) is 4.90 Å². The Bertz CT molecular complexity index is 395. The maximum Gasteiger partial charge on any atom is 0.151 e. The molecule has 0 saturated carbocycles. The Balaban J connectivity index is 2.32. The summed E-state index contributed by atoms with van der Waals surface area (Å²) in [5, 5.41) is 8.90. The zero-order chi connectivity index (χ0) is 13.1. The maximum atomic E-state index is 11.4. The van der Waals surface area contributed by atoms with Crippen molar-refractivity contribution in [3.05, 3.63) is 0 Å². The van der Waals surface area contributed by atoms with Crippen LogP contribution in [0, 0.1) is 16.7 Å². The molecule has 0 aromatic carbocycles. The molecule has 17 heavy (non-hydrogen) atoms. The van der Waals surface area contributed by atoms with Crippen LogP contribution in [0.3, 0.4) is 0 Å². The molecular weight excluding hydrogens is 236 g/mol. The van der Waals surface area contributed by atoms with Gasteiger partial charge in [-0.25, -0.2) is 8.42 Å². The minimum Gasteiger partial charge on any atom is -0.302 e. The summed E-state index contributed by atoms with van der Waals surface area (Å²) in [4.78, 5) is 2.12. The lowest BCUT2D eigenvalue weighted by Crippen LogP contribution is -2.33. The molecule has 1 fully saturated rings. The van der Waals surface area contributed by atoms with Crippen LogP contribution in [0.5, 0.6) is 0 Å². The van der Waals surface area contributed by atoms with E-state index in [2.05, 4.69) is 11.0 Å². The second-order valence-corrected chi connectivity index (χ2v) is 7.87. The number of rotatable bonds is 5. The highest BCUT2D eigenvalue weighted by Crippen LogP contribution is 2.22. The molecule has 4 nitrogen and oxygen atoms in total. The van der Waals surface area contributed by atoms with E-state index in [-0.39, 0.29) is 11.5 Å². The first-order chi connectivity index (χ1) is 7.76.